The van der Waals surface area contributed by atoms with E-state index in [1.165, 1.54) is 15.5 Å². The maximum atomic E-state index is 12.0. The van der Waals surface area contributed by atoms with E-state index >= 15 is 0 Å². The van der Waals surface area contributed by atoms with E-state index in [1.54, 1.807) is 38.6 Å². The zero-order chi connectivity index (χ0) is 23.6. The zero-order valence-electron chi connectivity index (χ0n) is 19.3. The zero-order valence-corrected chi connectivity index (χ0v) is 20.9. The van der Waals surface area contributed by atoms with Crippen LogP contribution in [0.25, 0.3) is 0 Å². The minimum absolute atomic E-state index is 0.0141. The van der Waals surface area contributed by atoms with Gasteiger partial charge in [0, 0.05) is 72.3 Å². The van der Waals surface area contributed by atoms with E-state index in [0.717, 1.165) is 11.1 Å². The van der Waals surface area contributed by atoms with Gasteiger partial charge in [-0.3, -0.25) is 13.8 Å². The molecule has 0 aliphatic heterocycles. The van der Waals surface area contributed by atoms with Crippen LogP contribution in [0.15, 0.2) is 46.2 Å². The molecule has 0 aliphatic rings. The van der Waals surface area contributed by atoms with Crippen molar-refractivity contribution in [2.75, 3.05) is 12.1 Å². The molecular weight excluding hydrogens is 422 g/mol. The Kier molecular flexibility index (Phi) is 12.1. The van der Waals surface area contributed by atoms with E-state index in [1.807, 2.05) is 46.8 Å². The molecule has 6 nitrogen and oxygen atoms in total. The molecular formula is C22H36ClN3O3S. The summed E-state index contributed by atoms with van der Waals surface area (Å²) >= 11 is 4.64. The lowest BCUT2D eigenvalue weighted by Crippen LogP contribution is -2.26. The maximum Gasteiger partial charge on any atom is 0.250 e. The van der Waals surface area contributed by atoms with Crippen LogP contribution in [-0.2, 0) is 24.9 Å². The highest BCUT2D eigenvalue weighted by molar-refractivity contribution is 7.86. The molecule has 0 amide bonds. The number of alkyl halides is 1. The molecule has 3 unspecified atom stereocenters. The molecule has 2 N–H and O–H groups in total. The molecule has 0 fully saturated rings. The lowest BCUT2D eigenvalue weighted by molar-refractivity contribution is 0.642. The number of hydrogen-bond acceptors (Lipinski definition) is 4. The normalized spacial score (nSPS) is 13.8. The number of rotatable bonds is 4. The van der Waals surface area contributed by atoms with Crippen molar-refractivity contribution in [1.29, 1.82) is 0 Å². The van der Waals surface area contributed by atoms with Crippen LogP contribution < -0.4 is 16.9 Å². The SMILES string of the molecule is CC(CS(=O)C(C)(C)C)c1ccn(C)c(=O)c1.CC(N)c1ccn(C)c(=O)c1.CCl. The molecule has 170 valence electrons. The van der Waals surface area contributed by atoms with Gasteiger partial charge in [0.1, 0.15) is 0 Å². The van der Waals surface area contributed by atoms with Crippen LogP contribution in [0.2, 0.25) is 0 Å². The van der Waals surface area contributed by atoms with Gasteiger partial charge >= 0.3 is 0 Å². The van der Waals surface area contributed by atoms with E-state index in [0.29, 0.717) is 5.75 Å². The first kappa shape index (κ1) is 28.3. The Labute approximate surface area is 187 Å². The second-order valence-electron chi connectivity index (χ2n) is 8.13. The molecule has 0 saturated heterocycles. The Hall–Kier alpha value is -1.70. The smallest absolute Gasteiger partial charge is 0.250 e. The molecule has 0 radical (unpaired) electrons. The highest BCUT2D eigenvalue weighted by Gasteiger charge is 2.22. The van der Waals surface area contributed by atoms with Gasteiger partial charge < -0.3 is 14.9 Å². The highest BCUT2D eigenvalue weighted by Crippen LogP contribution is 2.20. The Bertz CT molecular complexity index is 930. The van der Waals surface area contributed by atoms with Crippen LogP contribution in [0, 0.1) is 0 Å². The summed E-state index contributed by atoms with van der Waals surface area (Å²) in [5, 5.41) is 0. The Morgan fingerprint density at radius 2 is 1.37 bits per heavy atom. The van der Waals surface area contributed by atoms with Gasteiger partial charge in [-0.25, -0.2) is 0 Å². The van der Waals surface area contributed by atoms with Crippen LogP contribution in [0.5, 0.6) is 0 Å². The van der Waals surface area contributed by atoms with Gasteiger partial charge in [-0.15, -0.1) is 11.6 Å². The number of aromatic nitrogens is 2. The van der Waals surface area contributed by atoms with Gasteiger partial charge in [-0.2, -0.15) is 0 Å². The van der Waals surface area contributed by atoms with Crippen LogP contribution in [0.1, 0.15) is 57.7 Å². The number of aryl methyl sites for hydroxylation is 2. The summed E-state index contributed by atoms with van der Waals surface area (Å²) in [6.07, 6.45) is 4.95. The fraction of sp³-hybridized carbons (Fsp3) is 0.545. The average Bonchev–Trinajstić information content (AvgIpc) is 2.67. The molecule has 2 heterocycles. The van der Waals surface area contributed by atoms with Gasteiger partial charge in [0.05, 0.1) is 0 Å². The van der Waals surface area contributed by atoms with Gasteiger partial charge in [0.15, 0.2) is 0 Å². The van der Waals surface area contributed by atoms with Crippen LogP contribution in [0.4, 0.5) is 0 Å². The lowest BCUT2D eigenvalue weighted by atomic mass is 10.1. The first-order valence-electron chi connectivity index (χ1n) is 9.68. The van der Waals surface area contributed by atoms with E-state index in [9.17, 15) is 13.8 Å². The summed E-state index contributed by atoms with van der Waals surface area (Å²) < 4.78 is 14.9. The second kappa shape index (κ2) is 12.9. The first-order chi connectivity index (χ1) is 13.8. The van der Waals surface area contributed by atoms with Crippen molar-refractivity contribution >= 4 is 22.4 Å². The molecule has 0 saturated carbocycles. The fourth-order valence-electron chi connectivity index (χ4n) is 2.29. The molecule has 8 heteroatoms. The van der Waals surface area contributed by atoms with Crippen molar-refractivity contribution in [1.82, 2.24) is 9.13 Å². The molecule has 0 spiro atoms. The van der Waals surface area contributed by atoms with Crippen molar-refractivity contribution in [3.8, 4) is 0 Å². The molecule has 30 heavy (non-hydrogen) atoms. The van der Waals surface area contributed by atoms with Crippen molar-refractivity contribution in [2.45, 2.75) is 51.3 Å². The van der Waals surface area contributed by atoms with Crippen molar-refractivity contribution in [2.24, 2.45) is 19.8 Å². The molecule has 2 aromatic rings. The summed E-state index contributed by atoms with van der Waals surface area (Å²) in [6.45, 7) is 9.78. The molecule has 0 aromatic carbocycles. The Balaban J connectivity index is 0.000000557. The molecule has 0 bridgehead atoms. The summed E-state index contributed by atoms with van der Waals surface area (Å²) in [6, 6.07) is 6.90. The van der Waals surface area contributed by atoms with E-state index in [4.69, 9.17) is 5.73 Å². The predicted octanol–water partition coefficient (Wildman–Crippen LogP) is 3.30. The van der Waals surface area contributed by atoms with Gasteiger partial charge in [-0.1, -0.05) is 6.92 Å². The number of halogens is 1. The average molecular weight is 458 g/mol. The van der Waals surface area contributed by atoms with Crippen molar-refractivity contribution in [3.05, 3.63) is 68.5 Å². The van der Waals surface area contributed by atoms with Crippen LogP contribution in [-0.4, -0.2) is 30.2 Å². The maximum absolute atomic E-state index is 12.0. The minimum Gasteiger partial charge on any atom is -0.324 e. The third-order valence-corrected chi connectivity index (χ3v) is 6.60. The monoisotopic (exact) mass is 457 g/mol. The number of hydrogen-bond donors (Lipinski definition) is 1. The topological polar surface area (TPSA) is 87.1 Å². The van der Waals surface area contributed by atoms with Crippen molar-refractivity contribution < 1.29 is 4.21 Å². The highest BCUT2D eigenvalue weighted by atomic mass is 35.5. The first-order valence-corrected chi connectivity index (χ1v) is 11.8. The number of nitrogens with two attached hydrogens (primary N) is 1. The second-order valence-corrected chi connectivity index (χ2v) is 10.4. The Morgan fingerprint density at radius 3 is 1.73 bits per heavy atom. The molecule has 0 aliphatic carbocycles. The largest absolute Gasteiger partial charge is 0.324 e. The van der Waals surface area contributed by atoms with E-state index in [-0.39, 0.29) is 27.8 Å². The third kappa shape index (κ3) is 9.41. The van der Waals surface area contributed by atoms with Crippen LogP contribution >= 0.6 is 11.6 Å². The summed E-state index contributed by atoms with van der Waals surface area (Å²) in [5.74, 6) is 0.736. The summed E-state index contributed by atoms with van der Waals surface area (Å²) in [4.78, 5) is 22.6. The fourth-order valence-corrected chi connectivity index (χ4v) is 3.44. The molecule has 2 rings (SSSR count). The summed E-state index contributed by atoms with van der Waals surface area (Å²) in [7, 11) is 2.55. The minimum atomic E-state index is -0.889. The third-order valence-electron chi connectivity index (χ3n) is 4.44. The van der Waals surface area contributed by atoms with Crippen molar-refractivity contribution in [3.63, 3.8) is 0 Å². The molecule has 2 aromatic heterocycles. The van der Waals surface area contributed by atoms with Gasteiger partial charge in [0.2, 0.25) is 0 Å². The Morgan fingerprint density at radius 1 is 0.967 bits per heavy atom. The number of pyridine rings is 2. The van der Waals surface area contributed by atoms with Gasteiger partial charge in [-0.05, 0) is 56.9 Å². The van der Waals surface area contributed by atoms with Crippen LogP contribution in [0.3, 0.4) is 0 Å². The van der Waals surface area contributed by atoms with E-state index in [2.05, 4.69) is 11.6 Å². The van der Waals surface area contributed by atoms with Gasteiger partial charge in [0.25, 0.3) is 11.1 Å². The number of nitrogens with zero attached hydrogens (tertiary/aromatic N) is 2. The molecule has 3 atom stereocenters. The quantitative estimate of drug-likeness (QED) is 0.713. The lowest BCUT2D eigenvalue weighted by Gasteiger charge is -2.21. The van der Waals surface area contributed by atoms with E-state index < -0.39 is 10.8 Å². The summed E-state index contributed by atoms with van der Waals surface area (Å²) in [5.41, 5.74) is 7.40. The predicted molar refractivity (Wildman–Crippen MR) is 129 cm³/mol. The standard InChI is InChI=1S/C13H21NO2S.C8H12N2O.CH3Cl/c1-10(9-17(16)13(2,3)4)11-6-7-14(5)12(15)8-11;1-6(9)7-3-4-10(2)8(11)5-7;1-2/h6-8,10H,9H2,1-5H3;3-6H,9H2,1-2H3;1H3.